The van der Waals surface area contributed by atoms with E-state index in [1.165, 1.54) is 43.8 Å². The maximum Gasteiger partial charge on any atom is 0.151 e. The third-order valence-corrected chi connectivity index (χ3v) is 9.63. The van der Waals surface area contributed by atoms with Gasteiger partial charge in [0, 0.05) is 49.8 Å². The third-order valence-electron chi connectivity index (χ3n) is 7.04. The first-order valence-corrected chi connectivity index (χ1v) is 17.4. The number of hydrogen-bond acceptors (Lipinski definition) is 4. The highest BCUT2D eigenvalue weighted by Gasteiger charge is 2.25. The summed E-state index contributed by atoms with van der Waals surface area (Å²) in [7, 11) is -1.53. The zero-order valence-electron chi connectivity index (χ0n) is 21.6. The van der Waals surface area contributed by atoms with E-state index in [1.807, 2.05) is 28.9 Å². The summed E-state index contributed by atoms with van der Waals surface area (Å²) in [6.45, 7) is 11.4. The van der Waals surface area contributed by atoms with Crippen molar-refractivity contribution in [2.75, 3.05) is 36.0 Å². The molecule has 2 fully saturated rings. The van der Waals surface area contributed by atoms with Gasteiger partial charge in [0.15, 0.2) is 11.6 Å². The van der Waals surface area contributed by atoms with Crippen LogP contribution in [0.15, 0.2) is 42.6 Å². The second-order valence-electron chi connectivity index (χ2n) is 10.9. The van der Waals surface area contributed by atoms with Gasteiger partial charge in [-0.25, -0.2) is 9.03 Å². The Bertz CT molecular complexity index is 1330. The number of fused-ring (bicyclic) bond motifs is 2. The van der Waals surface area contributed by atoms with Gasteiger partial charge in [-0.3, -0.25) is 0 Å². The Kier molecular flexibility index (Phi) is 7.51. The molecule has 2 aliphatic rings. The number of hydrogen-bond donors (Lipinski definition) is 0. The van der Waals surface area contributed by atoms with Crippen molar-refractivity contribution in [2.24, 2.45) is 0 Å². The number of pyridine rings is 2. The van der Waals surface area contributed by atoms with E-state index in [4.69, 9.17) is 28.3 Å². The summed E-state index contributed by atoms with van der Waals surface area (Å²) in [4.78, 5) is 4.75. The fraction of sp³-hybridized carbons (Fsp3) is 0.481. The van der Waals surface area contributed by atoms with Gasteiger partial charge in [-0.05, 0) is 62.8 Å². The molecule has 0 saturated carbocycles. The topological polar surface area (TPSA) is 41.1 Å². The van der Waals surface area contributed by atoms with Gasteiger partial charge in [0.1, 0.15) is 8.07 Å². The van der Waals surface area contributed by atoms with E-state index < -0.39 is 8.07 Å². The average molecular weight is 544 g/mol. The molecule has 0 radical (unpaired) electrons. The summed E-state index contributed by atoms with van der Waals surface area (Å²) >= 11 is 12.4. The molecule has 36 heavy (non-hydrogen) atoms. The molecule has 0 unspecified atom stereocenters. The van der Waals surface area contributed by atoms with Crippen molar-refractivity contribution in [1.82, 2.24) is 19.2 Å². The number of anilines is 2. The largest absolute Gasteiger partial charge is 0.355 e. The lowest BCUT2D eigenvalue weighted by atomic mass is 10.1. The minimum atomic E-state index is -1.53. The van der Waals surface area contributed by atoms with Crippen LogP contribution in [-0.2, 0) is 0 Å². The lowest BCUT2D eigenvalue weighted by Gasteiger charge is -2.26. The third kappa shape index (κ3) is 5.53. The first kappa shape index (κ1) is 25.4. The molecule has 4 aromatic rings. The summed E-state index contributed by atoms with van der Waals surface area (Å²) in [6, 6.07) is 12.3. The number of piperidine rings is 2. The smallest absolute Gasteiger partial charge is 0.151 e. The maximum absolute atomic E-state index is 6.44. The van der Waals surface area contributed by atoms with Crippen molar-refractivity contribution >= 4 is 59.3 Å². The molecule has 0 aliphatic carbocycles. The Balaban J connectivity index is 0.000000152. The highest BCUT2D eigenvalue weighted by molar-refractivity contribution is 6.89. The van der Waals surface area contributed by atoms with E-state index in [1.54, 1.807) is 0 Å². The molecule has 0 atom stereocenters. The summed E-state index contributed by atoms with van der Waals surface area (Å²) in [5, 5.41) is 12.2. The van der Waals surface area contributed by atoms with Crippen LogP contribution in [0.5, 0.6) is 0 Å². The summed E-state index contributed by atoms with van der Waals surface area (Å²) in [6.07, 6.45) is 9.63. The maximum atomic E-state index is 6.44. The van der Waals surface area contributed by atoms with E-state index in [-0.39, 0.29) is 0 Å². The standard InChI is InChI=1S/C15H22ClN3Si.C12H14ClN3/c1-20(2,3)15-13(16)8-7-12-11-14(17-19(12)15)18-9-5-4-6-10-18;13-10-4-5-11-8-12(14-16(11)9-10)15-6-2-1-3-7-15/h7-8,11H,4-6,9-10H2,1-3H3;4-5,8-9H,1-3,6-7H2. The Morgan fingerprint density at radius 1 is 0.694 bits per heavy atom. The van der Waals surface area contributed by atoms with Crippen molar-refractivity contribution in [3.63, 3.8) is 0 Å². The number of nitrogens with zero attached hydrogens (tertiary/aromatic N) is 6. The van der Waals surface area contributed by atoms with Gasteiger partial charge in [0.05, 0.1) is 21.1 Å². The van der Waals surface area contributed by atoms with Crippen molar-refractivity contribution in [3.05, 3.63) is 52.6 Å². The van der Waals surface area contributed by atoms with Gasteiger partial charge in [0.2, 0.25) is 0 Å². The molecule has 6 rings (SSSR count). The van der Waals surface area contributed by atoms with Gasteiger partial charge in [-0.1, -0.05) is 42.8 Å². The van der Waals surface area contributed by atoms with Crippen LogP contribution in [0.1, 0.15) is 38.5 Å². The zero-order valence-corrected chi connectivity index (χ0v) is 24.1. The van der Waals surface area contributed by atoms with Crippen LogP contribution in [0.3, 0.4) is 0 Å². The molecule has 4 aromatic heterocycles. The summed E-state index contributed by atoms with van der Waals surface area (Å²) < 4.78 is 3.94. The number of halogens is 2. The highest BCUT2D eigenvalue weighted by Crippen LogP contribution is 2.23. The predicted molar refractivity (Wildman–Crippen MR) is 156 cm³/mol. The fourth-order valence-electron chi connectivity index (χ4n) is 5.20. The molecule has 6 heterocycles. The fourth-order valence-corrected chi connectivity index (χ4v) is 7.96. The van der Waals surface area contributed by atoms with E-state index in [0.29, 0.717) is 0 Å². The SMILES string of the molecule is C[Si](C)(C)c1c(Cl)ccc2cc(N3CCCCC3)nn12.Clc1ccc2cc(N3CCCCC3)nn2c1. The lowest BCUT2D eigenvalue weighted by Crippen LogP contribution is -2.43. The molecule has 2 saturated heterocycles. The monoisotopic (exact) mass is 542 g/mol. The van der Waals surface area contributed by atoms with Crippen LogP contribution < -0.4 is 15.1 Å². The molecule has 6 nitrogen and oxygen atoms in total. The van der Waals surface area contributed by atoms with Crippen molar-refractivity contribution in [2.45, 2.75) is 58.2 Å². The second kappa shape index (κ2) is 10.6. The van der Waals surface area contributed by atoms with Crippen LogP contribution in [0.2, 0.25) is 29.7 Å². The van der Waals surface area contributed by atoms with Gasteiger partial charge in [0.25, 0.3) is 0 Å². The quantitative estimate of drug-likeness (QED) is 0.277. The predicted octanol–water partition coefficient (Wildman–Crippen LogP) is 6.50. The van der Waals surface area contributed by atoms with Gasteiger partial charge in [-0.2, -0.15) is 10.2 Å². The van der Waals surface area contributed by atoms with Crippen molar-refractivity contribution in [3.8, 4) is 0 Å². The van der Waals surface area contributed by atoms with Crippen LogP contribution >= 0.6 is 23.2 Å². The van der Waals surface area contributed by atoms with Crippen LogP contribution in [0, 0.1) is 0 Å². The second-order valence-corrected chi connectivity index (χ2v) is 16.8. The molecule has 0 bridgehead atoms. The summed E-state index contributed by atoms with van der Waals surface area (Å²) in [5.74, 6) is 2.17. The molecular formula is C27H36Cl2N6Si. The highest BCUT2D eigenvalue weighted by atomic mass is 35.5. The van der Waals surface area contributed by atoms with Crippen molar-refractivity contribution < 1.29 is 0 Å². The van der Waals surface area contributed by atoms with Gasteiger partial charge in [-0.15, -0.1) is 0 Å². The Labute approximate surface area is 224 Å². The van der Waals surface area contributed by atoms with Gasteiger partial charge >= 0.3 is 0 Å². The lowest BCUT2D eigenvalue weighted by molar-refractivity contribution is 0.572. The molecule has 0 aromatic carbocycles. The number of aromatic nitrogens is 4. The van der Waals surface area contributed by atoms with Crippen LogP contribution in [0.25, 0.3) is 11.0 Å². The van der Waals surface area contributed by atoms with E-state index in [2.05, 4.69) is 57.3 Å². The first-order valence-electron chi connectivity index (χ1n) is 13.1. The number of rotatable bonds is 3. The molecule has 0 spiro atoms. The molecule has 9 heteroatoms. The van der Waals surface area contributed by atoms with Crippen LogP contribution in [-0.4, -0.2) is 53.5 Å². The Hall–Kier alpha value is -2.22. The zero-order chi connectivity index (χ0) is 25.3. The van der Waals surface area contributed by atoms with E-state index in [0.717, 1.165) is 58.9 Å². The van der Waals surface area contributed by atoms with Crippen LogP contribution in [0.4, 0.5) is 11.6 Å². The van der Waals surface area contributed by atoms with Gasteiger partial charge < -0.3 is 9.80 Å². The molecule has 0 amide bonds. The molecule has 0 N–H and O–H groups in total. The molecular weight excluding hydrogens is 507 g/mol. The minimum absolute atomic E-state index is 0.723. The minimum Gasteiger partial charge on any atom is -0.355 e. The Morgan fingerprint density at radius 2 is 1.25 bits per heavy atom. The Morgan fingerprint density at radius 3 is 1.86 bits per heavy atom. The first-order chi connectivity index (χ1) is 17.3. The van der Waals surface area contributed by atoms with E-state index >= 15 is 0 Å². The molecule has 2 aliphatic heterocycles. The normalized spacial score (nSPS) is 16.9. The summed E-state index contributed by atoms with van der Waals surface area (Å²) in [5.41, 5.74) is 2.26. The van der Waals surface area contributed by atoms with E-state index in [9.17, 15) is 0 Å². The average Bonchev–Trinajstić information content (AvgIpc) is 3.48. The van der Waals surface area contributed by atoms with Crippen molar-refractivity contribution in [1.29, 1.82) is 0 Å². The molecule has 192 valence electrons.